The van der Waals surface area contributed by atoms with Gasteiger partial charge in [0.15, 0.2) is 0 Å². The summed E-state index contributed by atoms with van der Waals surface area (Å²) in [6, 6.07) is 1.23. The van der Waals surface area contributed by atoms with Crippen LogP contribution in [0.1, 0.15) is 59.3 Å². The molecule has 0 aromatic heterocycles. The minimum Gasteiger partial charge on any atom is -0.383 e. The van der Waals surface area contributed by atoms with E-state index in [2.05, 4.69) is 38.0 Å². The van der Waals surface area contributed by atoms with Crippen molar-refractivity contribution >= 4 is 0 Å². The highest BCUT2D eigenvalue weighted by molar-refractivity contribution is 4.87. The summed E-state index contributed by atoms with van der Waals surface area (Å²) in [6.45, 7) is 10.0. The van der Waals surface area contributed by atoms with Gasteiger partial charge in [0.2, 0.25) is 0 Å². The summed E-state index contributed by atoms with van der Waals surface area (Å²) in [5.74, 6) is 1.75. The van der Waals surface area contributed by atoms with Crippen molar-refractivity contribution < 1.29 is 4.74 Å². The van der Waals surface area contributed by atoms with Crippen molar-refractivity contribution in [1.82, 2.24) is 10.2 Å². The third kappa shape index (κ3) is 6.66. The molecular weight excluding hydrogens is 260 g/mol. The monoisotopic (exact) mass is 298 g/mol. The summed E-state index contributed by atoms with van der Waals surface area (Å²) >= 11 is 0. The lowest BCUT2D eigenvalue weighted by Crippen LogP contribution is -2.47. The van der Waals surface area contributed by atoms with E-state index in [1.165, 1.54) is 45.1 Å². The quantitative estimate of drug-likeness (QED) is 0.667. The first-order chi connectivity index (χ1) is 10.1. The number of hydrogen-bond acceptors (Lipinski definition) is 3. The van der Waals surface area contributed by atoms with Crippen LogP contribution in [0.25, 0.3) is 0 Å². The predicted molar refractivity (Wildman–Crippen MR) is 91.8 cm³/mol. The van der Waals surface area contributed by atoms with E-state index >= 15 is 0 Å². The van der Waals surface area contributed by atoms with E-state index in [-0.39, 0.29) is 0 Å². The molecule has 0 aromatic carbocycles. The lowest BCUT2D eigenvalue weighted by Gasteiger charge is -2.40. The molecule has 1 aliphatic carbocycles. The number of methoxy groups -OCH3 is 1. The van der Waals surface area contributed by atoms with E-state index in [1.54, 1.807) is 7.11 Å². The fraction of sp³-hybridized carbons (Fsp3) is 1.00. The molecule has 0 radical (unpaired) electrons. The molecule has 4 unspecified atom stereocenters. The van der Waals surface area contributed by atoms with Gasteiger partial charge in [-0.15, -0.1) is 0 Å². The molecule has 0 spiro atoms. The normalized spacial score (nSPS) is 28.0. The van der Waals surface area contributed by atoms with E-state index < -0.39 is 0 Å². The van der Waals surface area contributed by atoms with Crippen LogP contribution in [0.2, 0.25) is 0 Å². The Hall–Kier alpha value is -0.120. The molecule has 3 heteroatoms. The summed E-state index contributed by atoms with van der Waals surface area (Å²) in [5, 5.41) is 3.80. The van der Waals surface area contributed by atoms with Gasteiger partial charge in [-0.25, -0.2) is 0 Å². The fourth-order valence-electron chi connectivity index (χ4n) is 3.75. The molecule has 3 nitrogen and oxygen atoms in total. The van der Waals surface area contributed by atoms with Gasteiger partial charge in [-0.05, 0) is 58.0 Å². The molecule has 0 aromatic rings. The zero-order chi connectivity index (χ0) is 15.7. The minimum absolute atomic E-state index is 0.508. The van der Waals surface area contributed by atoms with Gasteiger partial charge < -0.3 is 15.0 Å². The lowest BCUT2D eigenvalue weighted by atomic mass is 9.76. The summed E-state index contributed by atoms with van der Waals surface area (Å²) in [7, 11) is 4.05. The predicted octanol–water partition coefficient (Wildman–Crippen LogP) is 3.54. The summed E-state index contributed by atoms with van der Waals surface area (Å²) < 4.78 is 5.31. The average molecular weight is 299 g/mol. The van der Waals surface area contributed by atoms with Gasteiger partial charge >= 0.3 is 0 Å². The molecule has 0 aliphatic heterocycles. The van der Waals surface area contributed by atoms with Crippen LogP contribution in [-0.2, 0) is 4.74 Å². The molecule has 4 atom stereocenters. The zero-order valence-corrected chi connectivity index (χ0v) is 15.0. The maximum absolute atomic E-state index is 5.31. The lowest BCUT2D eigenvalue weighted by molar-refractivity contribution is 0.0835. The highest BCUT2D eigenvalue weighted by Crippen LogP contribution is 2.33. The van der Waals surface area contributed by atoms with Gasteiger partial charge in [0, 0.05) is 25.7 Å². The van der Waals surface area contributed by atoms with Gasteiger partial charge in [-0.2, -0.15) is 0 Å². The molecule has 0 bridgehead atoms. The van der Waals surface area contributed by atoms with Crippen LogP contribution >= 0.6 is 0 Å². The van der Waals surface area contributed by atoms with Crippen LogP contribution in [0.15, 0.2) is 0 Å². The molecule has 1 rings (SSSR count). The Kier molecular flexibility index (Phi) is 9.54. The van der Waals surface area contributed by atoms with Gasteiger partial charge in [0.05, 0.1) is 6.61 Å². The number of nitrogens with one attached hydrogen (secondary N) is 1. The summed E-state index contributed by atoms with van der Waals surface area (Å²) in [6.07, 6.45) is 8.16. The maximum Gasteiger partial charge on any atom is 0.0615 e. The van der Waals surface area contributed by atoms with Crippen molar-refractivity contribution in [1.29, 1.82) is 0 Å². The largest absolute Gasteiger partial charge is 0.383 e. The first kappa shape index (κ1) is 18.9. The summed E-state index contributed by atoms with van der Waals surface area (Å²) in [5.41, 5.74) is 0. The highest BCUT2D eigenvalue weighted by atomic mass is 16.5. The second kappa shape index (κ2) is 10.6. The summed E-state index contributed by atoms with van der Waals surface area (Å²) in [4.78, 5) is 2.49. The van der Waals surface area contributed by atoms with Crippen LogP contribution in [0, 0.1) is 11.8 Å². The Morgan fingerprint density at radius 2 is 2.00 bits per heavy atom. The first-order valence-corrected chi connectivity index (χ1v) is 9.04. The molecule has 0 heterocycles. The third-order valence-electron chi connectivity index (χ3n) is 5.13. The van der Waals surface area contributed by atoms with Gasteiger partial charge in [0.25, 0.3) is 0 Å². The topological polar surface area (TPSA) is 24.5 Å². The molecule has 1 fully saturated rings. The smallest absolute Gasteiger partial charge is 0.0615 e. The molecule has 126 valence electrons. The maximum atomic E-state index is 5.31. The SMILES string of the molecule is CCCNC1CCC(CCC)CC1CN(C)C(C)COC. The Morgan fingerprint density at radius 1 is 1.24 bits per heavy atom. The van der Waals surface area contributed by atoms with Crippen LogP contribution in [-0.4, -0.2) is 50.8 Å². The van der Waals surface area contributed by atoms with Gasteiger partial charge in [-0.3, -0.25) is 0 Å². The van der Waals surface area contributed by atoms with E-state index in [1.807, 2.05) is 0 Å². The molecule has 21 heavy (non-hydrogen) atoms. The van der Waals surface area contributed by atoms with Crippen molar-refractivity contribution in [3.05, 3.63) is 0 Å². The average Bonchev–Trinajstić information content (AvgIpc) is 2.47. The van der Waals surface area contributed by atoms with E-state index in [0.29, 0.717) is 6.04 Å². The van der Waals surface area contributed by atoms with Crippen molar-refractivity contribution in [2.24, 2.45) is 11.8 Å². The second-order valence-electron chi connectivity index (χ2n) is 7.03. The number of nitrogens with zero attached hydrogens (tertiary/aromatic N) is 1. The van der Waals surface area contributed by atoms with Gasteiger partial charge in [0.1, 0.15) is 0 Å². The molecule has 1 aliphatic rings. The first-order valence-electron chi connectivity index (χ1n) is 9.04. The number of ether oxygens (including phenoxy) is 1. The molecule has 0 saturated heterocycles. The van der Waals surface area contributed by atoms with Crippen LogP contribution in [0.5, 0.6) is 0 Å². The Balaban J connectivity index is 2.55. The van der Waals surface area contributed by atoms with Crippen LogP contribution in [0.4, 0.5) is 0 Å². The molecular formula is C18H38N2O. The van der Waals surface area contributed by atoms with Crippen LogP contribution < -0.4 is 5.32 Å². The zero-order valence-electron chi connectivity index (χ0n) is 15.0. The molecule has 0 amide bonds. The van der Waals surface area contributed by atoms with E-state index in [0.717, 1.165) is 31.0 Å². The van der Waals surface area contributed by atoms with E-state index in [9.17, 15) is 0 Å². The van der Waals surface area contributed by atoms with Crippen LogP contribution in [0.3, 0.4) is 0 Å². The Morgan fingerprint density at radius 3 is 2.62 bits per heavy atom. The molecule has 1 N–H and O–H groups in total. The Bertz CT molecular complexity index is 260. The van der Waals surface area contributed by atoms with Crippen molar-refractivity contribution in [3.8, 4) is 0 Å². The third-order valence-corrected chi connectivity index (χ3v) is 5.13. The minimum atomic E-state index is 0.508. The number of rotatable bonds is 10. The molecule has 1 saturated carbocycles. The highest BCUT2D eigenvalue weighted by Gasteiger charge is 2.31. The number of likely N-dealkylation sites (N-methyl/N-ethyl adjacent to an activating group) is 1. The van der Waals surface area contributed by atoms with Crippen molar-refractivity contribution in [3.63, 3.8) is 0 Å². The fourth-order valence-corrected chi connectivity index (χ4v) is 3.75. The van der Waals surface area contributed by atoms with E-state index in [4.69, 9.17) is 4.74 Å². The second-order valence-corrected chi connectivity index (χ2v) is 7.03. The van der Waals surface area contributed by atoms with Gasteiger partial charge in [-0.1, -0.05) is 26.7 Å². The Labute approximate surface area is 132 Å². The van der Waals surface area contributed by atoms with Crippen molar-refractivity contribution in [2.45, 2.75) is 71.4 Å². The number of hydrogen-bond donors (Lipinski definition) is 1. The van der Waals surface area contributed by atoms with Crippen molar-refractivity contribution in [2.75, 3.05) is 33.9 Å². The standard InChI is InChI=1S/C18H38N2O/c1-6-8-16-9-10-18(19-11-7-2)17(12-16)13-20(4)15(3)14-21-5/h15-19H,6-14H2,1-5H3.